The highest BCUT2D eigenvalue weighted by Gasteiger charge is 2.21. The number of aryl methyl sites for hydroxylation is 2. The first-order chi connectivity index (χ1) is 13.0. The summed E-state index contributed by atoms with van der Waals surface area (Å²) in [5.41, 5.74) is 2.40. The Labute approximate surface area is 163 Å². The maximum absolute atomic E-state index is 10.1. The highest BCUT2D eigenvalue weighted by molar-refractivity contribution is 5.79. The zero-order chi connectivity index (χ0) is 19.6. The fourth-order valence-electron chi connectivity index (χ4n) is 2.79. The van der Waals surface area contributed by atoms with Gasteiger partial charge in [-0.05, 0) is 62.8 Å². The molecular weight excluding hydrogens is 342 g/mol. The topological polar surface area (TPSA) is 66.3 Å². The first-order valence-corrected chi connectivity index (χ1v) is 9.94. The van der Waals surface area contributed by atoms with Crippen molar-refractivity contribution >= 4 is 5.96 Å². The van der Waals surface area contributed by atoms with Crippen LogP contribution in [0, 0.1) is 19.8 Å². The molecular formula is C21H35N3O3. The molecule has 1 unspecified atom stereocenters. The normalized spacial score (nSPS) is 15.5. The third kappa shape index (κ3) is 8.63. The summed E-state index contributed by atoms with van der Waals surface area (Å²) in [6.07, 6.45) is 1.94. The number of hydrogen-bond acceptors (Lipinski definition) is 4. The van der Waals surface area contributed by atoms with Crippen molar-refractivity contribution in [2.24, 2.45) is 10.9 Å². The molecule has 0 spiro atoms. The van der Waals surface area contributed by atoms with Crippen molar-refractivity contribution < 1.29 is 14.6 Å². The second-order valence-corrected chi connectivity index (χ2v) is 7.42. The Bertz CT molecular complexity index is 582. The predicted molar refractivity (Wildman–Crippen MR) is 110 cm³/mol. The quantitative estimate of drug-likeness (QED) is 0.458. The van der Waals surface area contributed by atoms with E-state index in [0.717, 1.165) is 24.9 Å². The number of aliphatic imine (C=N–C) groups is 1. The summed E-state index contributed by atoms with van der Waals surface area (Å²) in [7, 11) is 1.97. The van der Waals surface area contributed by atoms with Gasteiger partial charge < -0.3 is 24.8 Å². The smallest absolute Gasteiger partial charge is 0.193 e. The van der Waals surface area contributed by atoms with E-state index in [2.05, 4.69) is 30.2 Å². The van der Waals surface area contributed by atoms with E-state index in [9.17, 15) is 5.11 Å². The minimum atomic E-state index is -0.572. The highest BCUT2D eigenvalue weighted by atomic mass is 16.5. The number of aliphatic hydroxyl groups is 1. The van der Waals surface area contributed by atoms with Gasteiger partial charge in [-0.2, -0.15) is 0 Å². The number of rotatable bonds is 11. The number of guanidine groups is 1. The Hall–Kier alpha value is -1.79. The lowest BCUT2D eigenvalue weighted by Crippen LogP contribution is -2.41. The first-order valence-electron chi connectivity index (χ1n) is 9.94. The molecule has 0 aliphatic heterocycles. The van der Waals surface area contributed by atoms with Crippen LogP contribution in [0.1, 0.15) is 30.9 Å². The summed E-state index contributed by atoms with van der Waals surface area (Å²) in [6, 6.07) is 6.23. The zero-order valence-electron chi connectivity index (χ0n) is 17.2. The van der Waals surface area contributed by atoms with Gasteiger partial charge in [0.15, 0.2) is 5.96 Å². The maximum Gasteiger partial charge on any atom is 0.193 e. The lowest BCUT2D eigenvalue weighted by Gasteiger charge is -2.22. The third-order valence-electron chi connectivity index (χ3n) is 4.40. The number of ether oxygens (including phenoxy) is 2. The first kappa shape index (κ1) is 21.5. The average Bonchev–Trinajstić information content (AvgIpc) is 3.42. The molecule has 6 nitrogen and oxygen atoms in total. The molecule has 2 rings (SSSR count). The SMILES string of the molecule is CCNC(=NCC(O)COCC1CC1)N(C)CCOc1cc(C)cc(C)c1. The molecule has 152 valence electrons. The number of hydrogen-bond donors (Lipinski definition) is 2. The van der Waals surface area contributed by atoms with Crippen LogP contribution in [-0.4, -0.2) is 68.6 Å². The summed E-state index contributed by atoms with van der Waals surface area (Å²) >= 11 is 0. The molecule has 1 atom stereocenters. The van der Waals surface area contributed by atoms with Crippen LogP contribution in [0.25, 0.3) is 0 Å². The molecule has 0 bridgehead atoms. The van der Waals surface area contributed by atoms with Gasteiger partial charge in [-0.1, -0.05) is 6.07 Å². The van der Waals surface area contributed by atoms with Crippen molar-refractivity contribution in [1.29, 1.82) is 0 Å². The molecule has 0 saturated heterocycles. The molecule has 0 amide bonds. The Kier molecular flexibility index (Phi) is 8.88. The van der Waals surface area contributed by atoms with Gasteiger partial charge in [-0.15, -0.1) is 0 Å². The van der Waals surface area contributed by atoms with Gasteiger partial charge in [0.1, 0.15) is 12.4 Å². The summed E-state index contributed by atoms with van der Waals surface area (Å²) in [6.45, 7) is 9.65. The molecule has 1 aromatic carbocycles. The maximum atomic E-state index is 10.1. The van der Waals surface area contributed by atoms with Crippen LogP contribution in [0.15, 0.2) is 23.2 Å². The number of benzene rings is 1. The minimum Gasteiger partial charge on any atom is -0.492 e. The van der Waals surface area contributed by atoms with Crippen molar-refractivity contribution in [3.63, 3.8) is 0 Å². The number of aliphatic hydroxyl groups excluding tert-OH is 1. The summed E-state index contributed by atoms with van der Waals surface area (Å²) in [5.74, 6) is 2.37. The van der Waals surface area contributed by atoms with Gasteiger partial charge in [0, 0.05) is 20.2 Å². The molecule has 0 aromatic heterocycles. The lowest BCUT2D eigenvalue weighted by atomic mass is 10.1. The third-order valence-corrected chi connectivity index (χ3v) is 4.40. The van der Waals surface area contributed by atoms with E-state index >= 15 is 0 Å². The summed E-state index contributed by atoms with van der Waals surface area (Å²) in [4.78, 5) is 6.54. The van der Waals surface area contributed by atoms with Gasteiger partial charge in [0.2, 0.25) is 0 Å². The van der Waals surface area contributed by atoms with Gasteiger partial charge in [0.05, 0.1) is 25.8 Å². The van der Waals surface area contributed by atoms with Crippen LogP contribution < -0.4 is 10.1 Å². The zero-order valence-corrected chi connectivity index (χ0v) is 17.2. The second kappa shape index (κ2) is 11.1. The number of likely N-dealkylation sites (N-methyl/N-ethyl adjacent to an activating group) is 1. The van der Waals surface area contributed by atoms with Crippen LogP contribution >= 0.6 is 0 Å². The van der Waals surface area contributed by atoms with E-state index in [1.807, 2.05) is 31.0 Å². The molecule has 0 heterocycles. The molecule has 2 N–H and O–H groups in total. The molecule has 27 heavy (non-hydrogen) atoms. The minimum absolute atomic E-state index is 0.329. The van der Waals surface area contributed by atoms with Crippen molar-refractivity contribution in [3.05, 3.63) is 29.3 Å². The number of nitrogens with one attached hydrogen (secondary N) is 1. The number of nitrogens with zero attached hydrogens (tertiary/aromatic N) is 2. The van der Waals surface area contributed by atoms with Crippen molar-refractivity contribution in [1.82, 2.24) is 10.2 Å². The Morgan fingerprint density at radius 3 is 2.63 bits per heavy atom. The largest absolute Gasteiger partial charge is 0.492 e. The Morgan fingerprint density at radius 2 is 2.00 bits per heavy atom. The van der Waals surface area contributed by atoms with E-state index in [-0.39, 0.29) is 0 Å². The fourth-order valence-corrected chi connectivity index (χ4v) is 2.79. The standard InChI is InChI=1S/C21H35N3O3/c1-5-22-21(23-13-19(25)15-26-14-18-6-7-18)24(4)8-9-27-20-11-16(2)10-17(3)12-20/h10-12,18-19,25H,5-9,13-15H2,1-4H3,(H,22,23). The van der Waals surface area contributed by atoms with Crippen LogP contribution in [0.5, 0.6) is 5.75 Å². The van der Waals surface area contributed by atoms with E-state index in [1.165, 1.54) is 24.0 Å². The van der Waals surface area contributed by atoms with E-state index in [0.29, 0.717) is 32.2 Å². The van der Waals surface area contributed by atoms with Crippen LogP contribution in [0.3, 0.4) is 0 Å². The molecule has 1 saturated carbocycles. The highest BCUT2D eigenvalue weighted by Crippen LogP contribution is 2.28. The summed E-state index contributed by atoms with van der Waals surface area (Å²) < 4.78 is 11.4. The molecule has 1 fully saturated rings. The molecule has 0 radical (unpaired) electrons. The van der Waals surface area contributed by atoms with Gasteiger partial charge in [-0.3, -0.25) is 4.99 Å². The van der Waals surface area contributed by atoms with Crippen LogP contribution in [0.2, 0.25) is 0 Å². The van der Waals surface area contributed by atoms with Crippen LogP contribution in [0.4, 0.5) is 0 Å². The van der Waals surface area contributed by atoms with Crippen LogP contribution in [-0.2, 0) is 4.74 Å². The van der Waals surface area contributed by atoms with Gasteiger partial charge >= 0.3 is 0 Å². The monoisotopic (exact) mass is 377 g/mol. The van der Waals surface area contributed by atoms with Gasteiger partial charge in [0.25, 0.3) is 0 Å². The van der Waals surface area contributed by atoms with Crippen molar-refractivity contribution in [2.75, 3.05) is 46.5 Å². The van der Waals surface area contributed by atoms with Crippen molar-refractivity contribution in [2.45, 2.75) is 39.7 Å². The molecule has 1 aliphatic rings. The lowest BCUT2D eigenvalue weighted by molar-refractivity contribution is 0.0367. The second-order valence-electron chi connectivity index (χ2n) is 7.42. The van der Waals surface area contributed by atoms with Crippen molar-refractivity contribution in [3.8, 4) is 5.75 Å². The molecule has 6 heteroatoms. The Morgan fingerprint density at radius 1 is 1.30 bits per heavy atom. The average molecular weight is 378 g/mol. The van der Waals surface area contributed by atoms with E-state index in [1.54, 1.807) is 0 Å². The van der Waals surface area contributed by atoms with E-state index in [4.69, 9.17) is 9.47 Å². The Balaban J connectivity index is 1.75. The van der Waals surface area contributed by atoms with Gasteiger partial charge in [-0.25, -0.2) is 0 Å². The molecule has 1 aliphatic carbocycles. The molecule has 1 aromatic rings. The summed E-state index contributed by atoms with van der Waals surface area (Å²) in [5, 5.41) is 13.3. The van der Waals surface area contributed by atoms with E-state index < -0.39 is 6.10 Å². The fraction of sp³-hybridized carbons (Fsp3) is 0.667. The predicted octanol–water partition coefficient (Wildman–Crippen LogP) is 2.37.